The predicted molar refractivity (Wildman–Crippen MR) is 75.3 cm³/mol. The average molecular weight is 244 g/mol. The maximum atomic E-state index is 3.62. The summed E-state index contributed by atoms with van der Waals surface area (Å²) in [6.45, 7) is 15.1. The molecule has 1 heterocycles. The van der Waals surface area contributed by atoms with Crippen molar-refractivity contribution in [1.82, 2.24) is 10.2 Å². The molecule has 1 N–H and O–H groups in total. The van der Waals surface area contributed by atoms with Gasteiger partial charge in [-0.1, -0.05) is 20.8 Å². The molecule has 2 nitrogen and oxygen atoms in total. The van der Waals surface area contributed by atoms with Crippen LogP contribution in [0.15, 0.2) is 0 Å². The highest BCUT2D eigenvalue weighted by Crippen LogP contribution is 2.23. The molecule has 1 aliphatic rings. The molecule has 0 saturated carbocycles. The number of thioether (sulfide) groups is 1. The first-order valence-corrected chi connectivity index (χ1v) is 7.66. The first kappa shape index (κ1) is 14.3. The Labute approximate surface area is 106 Å². The minimum absolute atomic E-state index is 0.631. The smallest absolute Gasteiger partial charge is 0.0184 e. The quantitative estimate of drug-likeness (QED) is 0.800. The van der Waals surface area contributed by atoms with E-state index < -0.39 is 0 Å². The Balaban J connectivity index is 2.21. The topological polar surface area (TPSA) is 15.3 Å². The van der Waals surface area contributed by atoms with Crippen molar-refractivity contribution in [2.75, 3.05) is 25.4 Å². The van der Waals surface area contributed by atoms with Gasteiger partial charge in [-0.05, 0) is 19.8 Å². The van der Waals surface area contributed by atoms with Crippen molar-refractivity contribution in [2.24, 2.45) is 5.92 Å². The van der Waals surface area contributed by atoms with Crippen LogP contribution in [0.4, 0.5) is 0 Å². The summed E-state index contributed by atoms with van der Waals surface area (Å²) in [5.41, 5.74) is 0. The third-order valence-corrected chi connectivity index (χ3v) is 5.22. The molecule has 16 heavy (non-hydrogen) atoms. The zero-order valence-electron chi connectivity index (χ0n) is 11.5. The molecule has 1 rings (SSSR count). The van der Waals surface area contributed by atoms with Gasteiger partial charge >= 0.3 is 0 Å². The summed E-state index contributed by atoms with van der Waals surface area (Å²) in [7, 11) is 0. The minimum atomic E-state index is 0.631. The Bertz CT molecular complexity index is 196. The zero-order chi connectivity index (χ0) is 12.1. The number of nitrogens with one attached hydrogen (secondary N) is 1. The molecule has 1 aliphatic heterocycles. The molecule has 0 bridgehead atoms. The second kappa shape index (κ2) is 6.87. The van der Waals surface area contributed by atoms with Crippen LogP contribution >= 0.6 is 11.8 Å². The molecular formula is C13H28N2S. The van der Waals surface area contributed by atoms with E-state index >= 15 is 0 Å². The van der Waals surface area contributed by atoms with Crippen molar-refractivity contribution in [2.45, 2.75) is 52.0 Å². The van der Waals surface area contributed by atoms with Crippen LogP contribution in [0.3, 0.4) is 0 Å². The van der Waals surface area contributed by atoms with Crippen LogP contribution in [0, 0.1) is 5.92 Å². The van der Waals surface area contributed by atoms with E-state index in [4.69, 9.17) is 0 Å². The van der Waals surface area contributed by atoms with Crippen LogP contribution in [-0.4, -0.2) is 47.6 Å². The highest BCUT2D eigenvalue weighted by atomic mass is 32.2. The SMILES string of the molecule is CC(C)C(C)NCCN1CCSC(C)C1C. The van der Waals surface area contributed by atoms with Gasteiger partial charge in [-0.25, -0.2) is 0 Å². The molecule has 0 aromatic rings. The summed E-state index contributed by atoms with van der Waals surface area (Å²) in [5, 5.41) is 4.40. The Morgan fingerprint density at radius 1 is 1.31 bits per heavy atom. The van der Waals surface area contributed by atoms with E-state index in [1.165, 1.54) is 18.8 Å². The van der Waals surface area contributed by atoms with Crippen molar-refractivity contribution in [3.63, 3.8) is 0 Å². The van der Waals surface area contributed by atoms with Crippen LogP contribution in [0.2, 0.25) is 0 Å². The molecule has 1 fully saturated rings. The number of hydrogen-bond donors (Lipinski definition) is 1. The van der Waals surface area contributed by atoms with E-state index in [0.717, 1.165) is 23.8 Å². The van der Waals surface area contributed by atoms with E-state index in [1.54, 1.807) is 0 Å². The van der Waals surface area contributed by atoms with Gasteiger partial charge in [0.15, 0.2) is 0 Å². The van der Waals surface area contributed by atoms with Gasteiger partial charge in [-0.15, -0.1) is 0 Å². The van der Waals surface area contributed by atoms with Crippen molar-refractivity contribution < 1.29 is 0 Å². The van der Waals surface area contributed by atoms with Gasteiger partial charge in [-0.3, -0.25) is 4.90 Å². The van der Waals surface area contributed by atoms with E-state index in [0.29, 0.717) is 6.04 Å². The van der Waals surface area contributed by atoms with E-state index in [-0.39, 0.29) is 0 Å². The molecule has 0 aliphatic carbocycles. The maximum absolute atomic E-state index is 3.62. The fourth-order valence-corrected chi connectivity index (χ4v) is 3.14. The summed E-state index contributed by atoms with van der Waals surface area (Å²) in [5.74, 6) is 2.03. The third-order valence-electron chi connectivity index (χ3n) is 3.88. The van der Waals surface area contributed by atoms with Crippen molar-refractivity contribution in [1.29, 1.82) is 0 Å². The summed E-state index contributed by atoms with van der Waals surface area (Å²) >= 11 is 2.11. The summed E-state index contributed by atoms with van der Waals surface area (Å²) in [6.07, 6.45) is 0. The Morgan fingerprint density at radius 3 is 2.62 bits per heavy atom. The van der Waals surface area contributed by atoms with Gasteiger partial charge in [-0.2, -0.15) is 11.8 Å². The summed E-state index contributed by atoms with van der Waals surface area (Å²) < 4.78 is 0. The average Bonchev–Trinajstić information content (AvgIpc) is 2.24. The molecule has 3 unspecified atom stereocenters. The van der Waals surface area contributed by atoms with Crippen molar-refractivity contribution >= 4 is 11.8 Å². The molecular weight excluding hydrogens is 216 g/mol. The fraction of sp³-hybridized carbons (Fsp3) is 1.00. The number of hydrogen-bond acceptors (Lipinski definition) is 3. The lowest BCUT2D eigenvalue weighted by molar-refractivity contribution is 0.209. The van der Waals surface area contributed by atoms with Crippen LogP contribution < -0.4 is 5.32 Å². The van der Waals surface area contributed by atoms with Gasteiger partial charge in [0.05, 0.1) is 0 Å². The Hall–Kier alpha value is 0.270. The van der Waals surface area contributed by atoms with Gasteiger partial charge in [0.2, 0.25) is 0 Å². The molecule has 0 amide bonds. The van der Waals surface area contributed by atoms with E-state index in [9.17, 15) is 0 Å². The minimum Gasteiger partial charge on any atom is -0.313 e. The number of rotatable bonds is 5. The summed E-state index contributed by atoms with van der Waals surface area (Å²) in [6, 6.07) is 1.36. The normalized spacial score (nSPS) is 29.6. The molecule has 96 valence electrons. The fourth-order valence-electron chi connectivity index (χ4n) is 1.98. The van der Waals surface area contributed by atoms with Crippen molar-refractivity contribution in [3.05, 3.63) is 0 Å². The predicted octanol–water partition coefficient (Wildman–Crippen LogP) is 2.45. The second-order valence-electron chi connectivity index (χ2n) is 5.34. The van der Waals surface area contributed by atoms with Gasteiger partial charge < -0.3 is 5.32 Å². The third kappa shape index (κ3) is 4.27. The van der Waals surface area contributed by atoms with Crippen LogP contribution in [0.25, 0.3) is 0 Å². The largest absolute Gasteiger partial charge is 0.313 e. The van der Waals surface area contributed by atoms with Gasteiger partial charge in [0.25, 0.3) is 0 Å². The Morgan fingerprint density at radius 2 is 2.00 bits per heavy atom. The first-order valence-electron chi connectivity index (χ1n) is 6.61. The van der Waals surface area contributed by atoms with Gasteiger partial charge in [0, 0.05) is 42.7 Å². The molecule has 0 aromatic carbocycles. The zero-order valence-corrected chi connectivity index (χ0v) is 12.3. The van der Waals surface area contributed by atoms with Crippen molar-refractivity contribution in [3.8, 4) is 0 Å². The molecule has 0 aromatic heterocycles. The molecule has 3 heteroatoms. The number of nitrogens with zero attached hydrogens (tertiary/aromatic N) is 1. The van der Waals surface area contributed by atoms with E-state index in [1.807, 2.05) is 0 Å². The van der Waals surface area contributed by atoms with Gasteiger partial charge in [0.1, 0.15) is 0 Å². The molecule has 1 saturated heterocycles. The van der Waals surface area contributed by atoms with Crippen LogP contribution in [-0.2, 0) is 0 Å². The lowest BCUT2D eigenvalue weighted by Crippen LogP contribution is -2.48. The Kier molecular flexibility index (Phi) is 6.16. The van der Waals surface area contributed by atoms with Crippen LogP contribution in [0.1, 0.15) is 34.6 Å². The maximum Gasteiger partial charge on any atom is 0.0184 e. The lowest BCUT2D eigenvalue weighted by atomic mass is 10.1. The molecule has 0 spiro atoms. The molecule has 3 atom stereocenters. The standard InChI is InChI=1S/C13H28N2S/c1-10(2)11(3)14-6-7-15-8-9-16-13(5)12(15)4/h10-14H,6-9H2,1-5H3. The van der Waals surface area contributed by atoms with E-state index in [2.05, 4.69) is 56.6 Å². The lowest BCUT2D eigenvalue weighted by Gasteiger charge is -2.37. The summed E-state index contributed by atoms with van der Waals surface area (Å²) in [4.78, 5) is 2.63. The highest BCUT2D eigenvalue weighted by Gasteiger charge is 2.24. The monoisotopic (exact) mass is 244 g/mol. The highest BCUT2D eigenvalue weighted by molar-refractivity contribution is 8.00. The van der Waals surface area contributed by atoms with Crippen LogP contribution in [0.5, 0.6) is 0 Å². The first-order chi connectivity index (χ1) is 7.52. The molecule has 0 radical (unpaired) electrons. The second-order valence-corrected chi connectivity index (χ2v) is 6.82.